The fourth-order valence-corrected chi connectivity index (χ4v) is 3.25. The second kappa shape index (κ2) is 11.4. The van der Waals surface area contributed by atoms with Gasteiger partial charge in [0.25, 0.3) is 0 Å². The van der Waals surface area contributed by atoms with Gasteiger partial charge in [-0.05, 0) is 74.3 Å². The van der Waals surface area contributed by atoms with Gasteiger partial charge < -0.3 is 9.15 Å². The van der Waals surface area contributed by atoms with E-state index in [2.05, 4.69) is 93.0 Å². The van der Waals surface area contributed by atoms with E-state index in [0.29, 0.717) is 6.61 Å². The van der Waals surface area contributed by atoms with Crippen LogP contribution in [0.15, 0.2) is 83.7 Å². The number of allylic oxidation sites excluding steroid dienone is 1. The van der Waals surface area contributed by atoms with Crippen molar-refractivity contribution in [3.05, 3.63) is 90.4 Å². The minimum absolute atomic E-state index is 0.0375. The number of rotatable bonds is 9. The molecule has 0 bridgehead atoms. The normalized spacial score (nSPS) is 11.5. The van der Waals surface area contributed by atoms with Crippen LogP contribution in [0.25, 0.3) is 11.1 Å². The van der Waals surface area contributed by atoms with Crippen molar-refractivity contribution in [1.82, 2.24) is 4.90 Å². The maximum absolute atomic E-state index is 6.09. The molecule has 3 heteroatoms. The average Bonchev–Trinajstić information content (AvgIpc) is 3.31. The Morgan fingerprint density at radius 1 is 1.00 bits per heavy atom. The molecule has 3 nitrogen and oxygen atoms in total. The predicted molar refractivity (Wildman–Crippen MR) is 132 cm³/mol. The SMILES string of the molecule is CCN(C/C=C/C#CC(C)(C)C)Cc1cccc(OCc2cccc(-c3ccoc3)c2)c1. The van der Waals surface area contributed by atoms with Gasteiger partial charge in [0.05, 0.1) is 12.5 Å². The van der Waals surface area contributed by atoms with E-state index in [1.807, 2.05) is 18.2 Å². The number of furan rings is 1. The first-order valence-corrected chi connectivity index (χ1v) is 11.2. The summed E-state index contributed by atoms with van der Waals surface area (Å²) in [6.45, 7) is 11.8. The zero-order valence-corrected chi connectivity index (χ0v) is 19.6. The molecule has 0 fully saturated rings. The summed E-state index contributed by atoms with van der Waals surface area (Å²) in [5, 5.41) is 0. The van der Waals surface area contributed by atoms with Crippen LogP contribution in [0, 0.1) is 17.3 Å². The number of likely N-dealkylation sites (N-methyl/N-ethyl adjacent to an activating group) is 1. The van der Waals surface area contributed by atoms with Crippen molar-refractivity contribution >= 4 is 0 Å². The van der Waals surface area contributed by atoms with E-state index in [1.165, 1.54) is 5.56 Å². The molecule has 0 aliphatic rings. The Balaban J connectivity index is 1.56. The summed E-state index contributed by atoms with van der Waals surface area (Å²) in [6.07, 6.45) is 7.55. The van der Waals surface area contributed by atoms with E-state index < -0.39 is 0 Å². The van der Waals surface area contributed by atoms with Crippen LogP contribution in [0.2, 0.25) is 0 Å². The smallest absolute Gasteiger partial charge is 0.120 e. The van der Waals surface area contributed by atoms with Gasteiger partial charge >= 0.3 is 0 Å². The Hall–Kier alpha value is -3.22. The minimum atomic E-state index is 0.0375. The first kappa shape index (κ1) is 23.4. The van der Waals surface area contributed by atoms with Gasteiger partial charge in [-0.25, -0.2) is 0 Å². The van der Waals surface area contributed by atoms with Crippen molar-refractivity contribution in [2.24, 2.45) is 5.41 Å². The van der Waals surface area contributed by atoms with Crippen LogP contribution in [0.1, 0.15) is 38.8 Å². The molecule has 0 saturated heterocycles. The summed E-state index contributed by atoms with van der Waals surface area (Å²) in [7, 11) is 0. The Labute approximate surface area is 192 Å². The van der Waals surface area contributed by atoms with Gasteiger partial charge in [0.15, 0.2) is 0 Å². The van der Waals surface area contributed by atoms with E-state index in [9.17, 15) is 0 Å². The molecule has 1 heterocycles. The molecule has 0 saturated carbocycles. The Kier molecular flexibility index (Phi) is 8.36. The Bertz CT molecular complexity index is 1060. The van der Waals surface area contributed by atoms with Gasteiger partial charge in [0, 0.05) is 24.1 Å². The van der Waals surface area contributed by atoms with E-state index in [0.717, 1.165) is 42.1 Å². The molecule has 0 radical (unpaired) electrons. The van der Waals surface area contributed by atoms with Crippen molar-refractivity contribution in [2.45, 2.75) is 40.8 Å². The molecule has 166 valence electrons. The van der Waals surface area contributed by atoms with E-state index in [1.54, 1.807) is 12.5 Å². The number of benzene rings is 2. The van der Waals surface area contributed by atoms with Crippen LogP contribution in [0.4, 0.5) is 0 Å². The van der Waals surface area contributed by atoms with Gasteiger partial charge in [-0.15, -0.1) is 0 Å². The van der Waals surface area contributed by atoms with Gasteiger partial charge in [-0.3, -0.25) is 4.90 Å². The fourth-order valence-electron chi connectivity index (χ4n) is 3.25. The maximum Gasteiger partial charge on any atom is 0.120 e. The maximum atomic E-state index is 6.09. The third-order valence-corrected chi connectivity index (χ3v) is 4.95. The highest BCUT2D eigenvalue weighted by molar-refractivity contribution is 5.62. The summed E-state index contributed by atoms with van der Waals surface area (Å²) in [5.41, 5.74) is 4.62. The van der Waals surface area contributed by atoms with Crippen molar-refractivity contribution < 1.29 is 9.15 Å². The van der Waals surface area contributed by atoms with Crippen molar-refractivity contribution in [1.29, 1.82) is 0 Å². The molecule has 0 unspecified atom stereocenters. The summed E-state index contributed by atoms with van der Waals surface area (Å²) in [5.74, 6) is 7.26. The van der Waals surface area contributed by atoms with Gasteiger partial charge in [0.2, 0.25) is 0 Å². The summed E-state index contributed by atoms with van der Waals surface area (Å²) in [6, 6.07) is 18.7. The monoisotopic (exact) mass is 427 g/mol. The predicted octanol–water partition coefficient (Wildman–Crippen LogP) is 6.95. The van der Waals surface area contributed by atoms with Gasteiger partial charge in [-0.2, -0.15) is 0 Å². The molecular weight excluding hydrogens is 394 g/mol. The molecule has 0 spiro atoms. The Morgan fingerprint density at radius 2 is 1.81 bits per heavy atom. The third-order valence-electron chi connectivity index (χ3n) is 4.95. The molecule has 0 amide bonds. The first-order chi connectivity index (χ1) is 15.4. The van der Waals surface area contributed by atoms with Crippen molar-refractivity contribution in [2.75, 3.05) is 13.1 Å². The number of hydrogen-bond acceptors (Lipinski definition) is 3. The molecule has 0 aliphatic heterocycles. The second-order valence-corrected chi connectivity index (χ2v) is 8.90. The molecule has 32 heavy (non-hydrogen) atoms. The lowest BCUT2D eigenvalue weighted by atomic mass is 9.98. The minimum Gasteiger partial charge on any atom is -0.489 e. The molecule has 0 N–H and O–H groups in total. The van der Waals surface area contributed by atoms with Crippen LogP contribution >= 0.6 is 0 Å². The van der Waals surface area contributed by atoms with Crippen LogP contribution < -0.4 is 4.74 Å². The topological polar surface area (TPSA) is 25.6 Å². The second-order valence-electron chi connectivity index (χ2n) is 8.90. The number of ether oxygens (including phenoxy) is 1. The summed E-state index contributed by atoms with van der Waals surface area (Å²) < 4.78 is 11.3. The highest BCUT2D eigenvalue weighted by Gasteiger charge is 2.05. The van der Waals surface area contributed by atoms with Crippen LogP contribution in [-0.2, 0) is 13.2 Å². The lowest BCUT2D eigenvalue weighted by Crippen LogP contribution is -2.22. The molecule has 0 atom stereocenters. The lowest BCUT2D eigenvalue weighted by molar-refractivity contribution is 0.299. The fraction of sp³-hybridized carbons (Fsp3) is 0.310. The van der Waals surface area contributed by atoms with Gasteiger partial charge in [0.1, 0.15) is 12.4 Å². The molecule has 3 aromatic rings. The zero-order chi connectivity index (χ0) is 22.8. The van der Waals surface area contributed by atoms with E-state index in [-0.39, 0.29) is 5.41 Å². The highest BCUT2D eigenvalue weighted by atomic mass is 16.5. The highest BCUT2D eigenvalue weighted by Crippen LogP contribution is 2.22. The molecule has 2 aromatic carbocycles. The zero-order valence-electron chi connectivity index (χ0n) is 19.6. The largest absolute Gasteiger partial charge is 0.489 e. The lowest BCUT2D eigenvalue weighted by Gasteiger charge is -2.19. The quantitative estimate of drug-likeness (QED) is 0.345. The van der Waals surface area contributed by atoms with E-state index >= 15 is 0 Å². The van der Waals surface area contributed by atoms with E-state index in [4.69, 9.17) is 9.15 Å². The van der Waals surface area contributed by atoms with Crippen molar-refractivity contribution in [3.63, 3.8) is 0 Å². The Morgan fingerprint density at radius 3 is 2.56 bits per heavy atom. The first-order valence-electron chi connectivity index (χ1n) is 11.2. The van der Waals surface area contributed by atoms with Crippen LogP contribution in [0.3, 0.4) is 0 Å². The molecule has 1 aromatic heterocycles. The third kappa shape index (κ3) is 7.80. The summed E-state index contributed by atoms with van der Waals surface area (Å²) >= 11 is 0. The van der Waals surface area contributed by atoms with Gasteiger partial charge in [-0.1, -0.05) is 55.2 Å². The summed E-state index contributed by atoms with van der Waals surface area (Å²) in [4.78, 5) is 2.38. The number of hydrogen-bond donors (Lipinski definition) is 0. The van der Waals surface area contributed by atoms with Crippen LogP contribution in [0.5, 0.6) is 5.75 Å². The molecular formula is C29H33NO2. The van der Waals surface area contributed by atoms with Crippen LogP contribution in [-0.4, -0.2) is 18.0 Å². The average molecular weight is 428 g/mol. The molecule has 3 rings (SSSR count). The van der Waals surface area contributed by atoms with Crippen molar-refractivity contribution in [3.8, 4) is 28.7 Å². The number of nitrogens with zero attached hydrogens (tertiary/aromatic N) is 1. The standard InChI is InChI=1S/C29H33NO2/c1-5-30(17-8-6-7-16-29(2,3)4)21-24-11-10-14-28(20-24)32-22-25-12-9-13-26(19-25)27-15-18-31-23-27/h6,8-15,18-20,23H,5,17,21-22H2,1-4H3/b8-6+. The molecule has 0 aliphatic carbocycles.